The van der Waals surface area contributed by atoms with Crippen LogP contribution in [0.2, 0.25) is 0 Å². The van der Waals surface area contributed by atoms with Crippen molar-refractivity contribution in [3.05, 3.63) is 34.8 Å². The highest BCUT2D eigenvalue weighted by molar-refractivity contribution is 7.57. The summed E-state index contributed by atoms with van der Waals surface area (Å²) in [6, 6.07) is 5.75. The van der Waals surface area contributed by atoms with Gasteiger partial charge in [0.25, 0.3) is 7.52 Å². The van der Waals surface area contributed by atoms with E-state index in [2.05, 4.69) is 15.1 Å². The van der Waals surface area contributed by atoms with Crippen molar-refractivity contribution in [2.45, 2.75) is 12.5 Å². The molecule has 3 heterocycles. The number of thiazole rings is 1. The van der Waals surface area contributed by atoms with Crippen LogP contribution in [-0.4, -0.2) is 54.6 Å². The number of nitrogens with one attached hydrogen (secondary N) is 1. The van der Waals surface area contributed by atoms with E-state index in [-0.39, 0.29) is 0 Å². The summed E-state index contributed by atoms with van der Waals surface area (Å²) in [6.45, 7) is 2.17. The van der Waals surface area contributed by atoms with Crippen LogP contribution in [0, 0.1) is 0 Å². The smallest absolute Gasteiger partial charge is 0.270 e. The lowest BCUT2D eigenvalue weighted by atomic mass is 10.3. The monoisotopic (exact) mass is 398 g/mol. The highest BCUT2D eigenvalue weighted by Crippen LogP contribution is 2.46. The fourth-order valence-corrected chi connectivity index (χ4v) is 5.03. The van der Waals surface area contributed by atoms with Crippen LogP contribution < -0.4 is 14.7 Å². The zero-order valence-corrected chi connectivity index (χ0v) is 16.3. The van der Waals surface area contributed by atoms with E-state index in [9.17, 15) is 9.67 Å². The van der Waals surface area contributed by atoms with Gasteiger partial charge >= 0.3 is 0 Å². The molecule has 10 heteroatoms. The molecule has 2 atom stereocenters. The van der Waals surface area contributed by atoms with Crippen LogP contribution in [0.5, 0.6) is 5.88 Å². The van der Waals surface area contributed by atoms with Crippen molar-refractivity contribution in [1.82, 2.24) is 15.1 Å². The van der Waals surface area contributed by atoms with E-state index in [1.165, 1.54) is 11.3 Å². The molecule has 0 saturated carbocycles. The highest BCUT2D eigenvalue weighted by atomic mass is 32.1. The van der Waals surface area contributed by atoms with E-state index in [0.29, 0.717) is 49.8 Å². The number of aliphatic hydroxyl groups is 1. The predicted molar refractivity (Wildman–Crippen MR) is 101 cm³/mol. The third-order valence-electron chi connectivity index (χ3n) is 3.95. The van der Waals surface area contributed by atoms with Crippen LogP contribution in [0.3, 0.4) is 0 Å². The Balaban J connectivity index is 1.43. The lowest BCUT2D eigenvalue weighted by Gasteiger charge is -2.17. The Kier molecular flexibility index (Phi) is 6.61. The van der Waals surface area contributed by atoms with Gasteiger partial charge in [-0.3, -0.25) is 4.57 Å². The minimum atomic E-state index is -2.77. The number of likely N-dealkylation sites (N-methyl/N-ethyl adjacent to an activating group) is 1. The van der Waals surface area contributed by atoms with Crippen molar-refractivity contribution in [3.63, 3.8) is 0 Å². The minimum Gasteiger partial charge on any atom is -0.475 e. The van der Waals surface area contributed by atoms with Crippen LogP contribution in [-0.2, 0) is 9.09 Å². The molecule has 0 bridgehead atoms. The third-order valence-corrected chi connectivity index (χ3v) is 7.03. The van der Waals surface area contributed by atoms with Crippen molar-refractivity contribution >= 4 is 24.7 Å². The van der Waals surface area contributed by atoms with Gasteiger partial charge in [0, 0.05) is 26.0 Å². The normalized spacial score (nSPS) is 20.8. The first-order valence-electron chi connectivity index (χ1n) is 8.43. The largest absolute Gasteiger partial charge is 0.475 e. The Morgan fingerprint density at radius 1 is 1.54 bits per heavy atom. The standard InChI is InChI=1S/C16H23N4O4PS/c1-20(14-4-2-3-6-17-14)8-10-23-15-12-26-16(19-15)13(21)5-11-25(22)18-7-9-24-25/h2-4,6,12-13,21H,5,7-11H2,1H3,(H,18,22). The molecule has 2 aromatic heterocycles. The molecule has 2 unspecified atom stereocenters. The second kappa shape index (κ2) is 8.92. The molecule has 1 aliphatic heterocycles. The Labute approximate surface area is 156 Å². The maximum Gasteiger partial charge on any atom is 0.270 e. The average Bonchev–Trinajstić information content (AvgIpc) is 3.30. The number of aromatic nitrogens is 2. The number of hydrogen-bond acceptors (Lipinski definition) is 8. The predicted octanol–water partition coefficient (Wildman–Crippen LogP) is 2.29. The van der Waals surface area contributed by atoms with E-state index in [4.69, 9.17) is 9.26 Å². The number of hydrogen-bond donors (Lipinski definition) is 2. The van der Waals surface area contributed by atoms with Crippen LogP contribution >= 0.6 is 18.9 Å². The third kappa shape index (κ3) is 5.25. The van der Waals surface area contributed by atoms with E-state index in [0.717, 1.165) is 5.82 Å². The fraction of sp³-hybridized carbons (Fsp3) is 0.500. The van der Waals surface area contributed by atoms with Crippen molar-refractivity contribution < 1.29 is 18.9 Å². The first-order valence-corrected chi connectivity index (χ1v) is 11.1. The maximum absolute atomic E-state index is 12.2. The van der Waals surface area contributed by atoms with Gasteiger partial charge in [0.2, 0.25) is 5.88 Å². The van der Waals surface area contributed by atoms with Crippen molar-refractivity contribution in [3.8, 4) is 5.88 Å². The van der Waals surface area contributed by atoms with Crippen LogP contribution in [0.4, 0.5) is 5.82 Å². The molecule has 0 aromatic carbocycles. The van der Waals surface area contributed by atoms with Gasteiger partial charge in [-0.1, -0.05) is 6.07 Å². The summed E-state index contributed by atoms with van der Waals surface area (Å²) in [5.74, 6) is 1.36. The molecule has 0 radical (unpaired) electrons. The number of rotatable bonds is 9. The number of nitrogens with zero attached hydrogens (tertiary/aromatic N) is 3. The van der Waals surface area contributed by atoms with Crippen molar-refractivity contribution in [1.29, 1.82) is 0 Å². The number of ether oxygens (including phenoxy) is 1. The van der Waals surface area contributed by atoms with E-state index < -0.39 is 13.6 Å². The highest BCUT2D eigenvalue weighted by Gasteiger charge is 2.29. The minimum absolute atomic E-state index is 0.290. The maximum atomic E-state index is 12.2. The molecule has 1 aliphatic rings. The van der Waals surface area contributed by atoms with Crippen LogP contribution in [0.15, 0.2) is 29.8 Å². The lowest BCUT2D eigenvalue weighted by Crippen LogP contribution is -2.24. The van der Waals surface area contributed by atoms with Gasteiger partial charge in [-0.2, -0.15) is 0 Å². The zero-order valence-electron chi connectivity index (χ0n) is 14.6. The molecule has 0 aliphatic carbocycles. The van der Waals surface area contributed by atoms with Gasteiger partial charge in [-0.25, -0.2) is 15.1 Å². The summed E-state index contributed by atoms with van der Waals surface area (Å²) in [5, 5.41) is 15.4. The summed E-state index contributed by atoms with van der Waals surface area (Å²) in [5.41, 5.74) is 0. The van der Waals surface area contributed by atoms with Crippen molar-refractivity contribution in [2.24, 2.45) is 0 Å². The number of aliphatic hydroxyl groups excluding tert-OH is 1. The summed E-state index contributed by atoms with van der Waals surface area (Å²) < 4.78 is 23.1. The van der Waals surface area contributed by atoms with Gasteiger partial charge in [0.1, 0.15) is 23.5 Å². The van der Waals surface area contributed by atoms with Crippen LogP contribution in [0.25, 0.3) is 0 Å². The molecule has 8 nitrogen and oxygen atoms in total. The quantitative estimate of drug-likeness (QED) is 0.621. The first-order chi connectivity index (χ1) is 12.6. The zero-order chi connectivity index (χ0) is 18.4. The number of anilines is 1. The summed E-state index contributed by atoms with van der Waals surface area (Å²) in [6.07, 6.45) is 1.60. The molecule has 2 aromatic rings. The second-order valence-corrected chi connectivity index (χ2v) is 9.18. The average molecular weight is 398 g/mol. The SMILES string of the molecule is CN(CCOc1csc(C(O)CCP2(=O)NCCO2)n1)c1ccccn1. The molecule has 1 saturated heterocycles. The summed E-state index contributed by atoms with van der Waals surface area (Å²) >= 11 is 1.33. The van der Waals surface area contributed by atoms with E-state index in [1.54, 1.807) is 11.6 Å². The molecule has 0 amide bonds. The lowest BCUT2D eigenvalue weighted by molar-refractivity contribution is 0.171. The van der Waals surface area contributed by atoms with Gasteiger partial charge < -0.3 is 19.3 Å². The molecule has 26 heavy (non-hydrogen) atoms. The molecule has 3 rings (SSSR count). The van der Waals surface area contributed by atoms with Gasteiger partial charge in [-0.15, -0.1) is 11.3 Å². The summed E-state index contributed by atoms with van der Waals surface area (Å²) in [4.78, 5) is 10.6. The fourth-order valence-electron chi connectivity index (χ4n) is 2.49. The van der Waals surface area contributed by atoms with Gasteiger partial charge in [0.05, 0.1) is 18.5 Å². The van der Waals surface area contributed by atoms with E-state index >= 15 is 0 Å². The number of pyridine rings is 1. The molecular weight excluding hydrogens is 375 g/mol. The van der Waals surface area contributed by atoms with Gasteiger partial charge in [-0.05, 0) is 18.6 Å². The van der Waals surface area contributed by atoms with Crippen molar-refractivity contribution in [2.75, 3.05) is 44.4 Å². The summed E-state index contributed by atoms with van der Waals surface area (Å²) in [7, 11) is -0.824. The Morgan fingerprint density at radius 3 is 3.15 bits per heavy atom. The van der Waals surface area contributed by atoms with E-state index in [1.807, 2.05) is 30.1 Å². The first kappa shape index (κ1) is 19.3. The van der Waals surface area contributed by atoms with Gasteiger partial charge in [0.15, 0.2) is 0 Å². The second-order valence-electron chi connectivity index (χ2n) is 5.92. The molecule has 1 fully saturated rings. The van der Waals surface area contributed by atoms with Crippen LogP contribution in [0.1, 0.15) is 17.5 Å². The Hall–Kier alpha value is -1.51. The Bertz CT molecular complexity index is 735. The molecule has 0 spiro atoms. The molecule has 142 valence electrons. The Morgan fingerprint density at radius 2 is 2.42 bits per heavy atom. The molecule has 2 N–H and O–H groups in total. The topological polar surface area (TPSA) is 96.8 Å². The molecular formula is C16H23N4O4PS.